The summed E-state index contributed by atoms with van der Waals surface area (Å²) in [7, 11) is 1.13. The van der Waals surface area contributed by atoms with Crippen LogP contribution in [-0.2, 0) is 48.7 Å². The van der Waals surface area contributed by atoms with Crippen LogP contribution in [0.2, 0.25) is 0 Å². The first kappa shape index (κ1) is 18.1. The molecule has 0 aliphatic carbocycles. The maximum absolute atomic E-state index is 12.4. The highest BCUT2D eigenvalue weighted by Crippen LogP contribution is 2.09. The number of carbonyl (C=O) groups excluding carboxylic acids is 2. The fourth-order valence-corrected chi connectivity index (χ4v) is 2.07. The second kappa shape index (κ2) is 7.25. The van der Waals surface area contributed by atoms with Crippen LogP contribution in [0.5, 0.6) is 0 Å². The highest BCUT2D eigenvalue weighted by molar-refractivity contribution is 5.69. The van der Waals surface area contributed by atoms with Gasteiger partial charge in [0.1, 0.15) is 38.5 Å². The number of epoxide rings is 2. The molecule has 1 aromatic heterocycles. The molecule has 3 rings (SSSR count). The van der Waals surface area contributed by atoms with Crippen molar-refractivity contribution in [3.63, 3.8) is 0 Å². The topological polar surface area (TPSA) is 144 Å². The Bertz CT molecular complexity index is 820. The number of esters is 2. The van der Waals surface area contributed by atoms with E-state index in [1.807, 2.05) is 0 Å². The van der Waals surface area contributed by atoms with Gasteiger partial charge in [0.05, 0.1) is 13.2 Å². The van der Waals surface area contributed by atoms with Gasteiger partial charge in [0, 0.05) is 7.05 Å². The van der Waals surface area contributed by atoms with Crippen molar-refractivity contribution in [2.45, 2.75) is 25.3 Å². The van der Waals surface area contributed by atoms with Gasteiger partial charge in [-0.1, -0.05) is 0 Å². The van der Waals surface area contributed by atoms with Gasteiger partial charge in [0.15, 0.2) is 0 Å². The zero-order valence-electron chi connectivity index (χ0n) is 13.9. The first-order chi connectivity index (χ1) is 12.4. The summed E-state index contributed by atoms with van der Waals surface area (Å²) in [6.07, 6.45) is -0.338. The standard InChI is InChI=1S/C14H17N3O9/c1-15-12(20)16(2-10(18)25-6-8-4-23-8)14(22)17(13(15)21)3-11(19)26-7-9-5-24-9/h8-9H,2-7H2,1H3. The van der Waals surface area contributed by atoms with Gasteiger partial charge in [-0.05, 0) is 0 Å². The molecule has 0 radical (unpaired) electrons. The molecule has 2 atom stereocenters. The summed E-state index contributed by atoms with van der Waals surface area (Å²) < 4.78 is 21.2. The Morgan fingerprint density at radius 1 is 0.885 bits per heavy atom. The van der Waals surface area contributed by atoms with Gasteiger partial charge in [0.2, 0.25) is 0 Å². The van der Waals surface area contributed by atoms with Crippen molar-refractivity contribution in [1.82, 2.24) is 13.7 Å². The van der Waals surface area contributed by atoms with E-state index in [-0.39, 0.29) is 25.4 Å². The number of hydrogen-bond donors (Lipinski definition) is 0. The van der Waals surface area contributed by atoms with Gasteiger partial charge in [0.25, 0.3) is 0 Å². The van der Waals surface area contributed by atoms with Crippen molar-refractivity contribution in [1.29, 1.82) is 0 Å². The van der Waals surface area contributed by atoms with E-state index in [0.717, 1.165) is 7.05 Å². The van der Waals surface area contributed by atoms with Crippen molar-refractivity contribution >= 4 is 11.9 Å². The molecular weight excluding hydrogens is 354 g/mol. The molecule has 142 valence electrons. The van der Waals surface area contributed by atoms with E-state index in [2.05, 4.69) is 0 Å². The Kier molecular flexibility index (Phi) is 5.04. The van der Waals surface area contributed by atoms with Crippen LogP contribution < -0.4 is 17.1 Å². The fourth-order valence-electron chi connectivity index (χ4n) is 2.07. The summed E-state index contributed by atoms with van der Waals surface area (Å²) in [6, 6.07) is 0. The summed E-state index contributed by atoms with van der Waals surface area (Å²) in [4.78, 5) is 60.2. The maximum atomic E-state index is 12.4. The fraction of sp³-hybridized carbons (Fsp3) is 0.643. The maximum Gasteiger partial charge on any atom is 0.337 e. The highest BCUT2D eigenvalue weighted by Gasteiger charge is 2.26. The zero-order chi connectivity index (χ0) is 18.8. The first-order valence-electron chi connectivity index (χ1n) is 7.82. The quantitative estimate of drug-likeness (QED) is 0.337. The van der Waals surface area contributed by atoms with Crippen LogP contribution in [0.4, 0.5) is 0 Å². The molecule has 1 aromatic rings. The SMILES string of the molecule is Cn1c(=O)n(CC(=O)OCC2CO2)c(=O)n(CC(=O)OCC2CO2)c1=O. The summed E-state index contributed by atoms with van der Waals surface area (Å²) in [6.45, 7) is -0.388. The van der Waals surface area contributed by atoms with Crippen molar-refractivity contribution in [2.24, 2.45) is 7.05 Å². The van der Waals surface area contributed by atoms with Gasteiger partial charge in [-0.25, -0.2) is 28.1 Å². The normalized spacial score (nSPS) is 20.5. The number of nitrogens with zero attached hydrogens (tertiary/aromatic N) is 3. The molecule has 0 aromatic carbocycles. The average Bonchev–Trinajstić information content (AvgIpc) is 3.51. The molecule has 0 spiro atoms. The summed E-state index contributed by atoms with van der Waals surface area (Å²) in [5.41, 5.74) is -3.08. The molecule has 2 aliphatic rings. The molecule has 2 fully saturated rings. The average molecular weight is 371 g/mol. The van der Waals surface area contributed by atoms with Crippen LogP contribution >= 0.6 is 0 Å². The Balaban J connectivity index is 1.77. The lowest BCUT2D eigenvalue weighted by atomic mass is 10.5. The largest absolute Gasteiger partial charge is 0.461 e. The van der Waals surface area contributed by atoms with Crippen molar-refractivity contribution in [3.8, 4) is 0 Å². The van der Waals surface area contributed by atoms with Gasteiger partial charge in [-0.15, -0.1) is 0 Å². The van der Waals surface area contributed by atoms with Crippen molar-refractivity contribution in [2.75, 3.05) is 26.4 Å². The van der Waals surface area contributed by atoms with E-state index >= 15 is 0 Å². The third kappa shape index (κ3) is 4.26. The lowest BCUT2D eigenvalue weighted by Crippen LogP contribution is -2.55. The lowest BCUT2D eigenvalue weighted by Gasteiger charge is -2.11. The summed E-state index contributed by atoms with van der Waals surface area (Å²) >= 11 is 0. The summed E-state index contributed by atoms with van der Waals surface area (Å²) in [5, 5.41) is 0. The van der Waals surface area contributed by atoms with Crippen LogP contribution in [0, 0.1) is 0 Å². The Morgan fingerprint density at radius 3 is 1.62 bits per heavy atom. The number of hydrogen-bond acceptors (Lipinski definition) is 9. The van der Waals surface area contributed by atoms with Crippen LogP contribution in [-0.4, -0.2) is 64.3 Å². The number of ether oxygens (including phenoxy) is 4. The third-order valence-corrected chi connectivity index (χ3v) is 3.74. The molecule has 2 unspecified atom stereocenters. The molecular formula is C14H17N3O9. The molecule has 3 heterocycles. The zero-order valence-corrected chi connectivity index (χ0v) is 13.9. The van der Waals surface area contributed by atoms with Crippen LogP contribution in [0.3, 0.4) is 0 Å². The molecule has 2 aliphatic heterocycles. The predicted octanol–water partition coefficient (Wildman–Crippen LogP) is -3.41. The monoisotopic (exact) mass is 371 g/mol. The number of rotatable bonds is 8. The predicted molar refractivity (Wildman–Crippen MR) is 81.6 cm³/mol. The van der Waals surface area contributed by atoms with Gasteiger partial charge < -0.3 is 18.9 Å². The molecule has 0 amide bonds. The molecule has 2 saturated heterocycles. The molecule has 26 heavy (non-hydrogen) atoms. The van der Waals surface area contributed by atoms with Crippen molar-refractivity contribution < 1.29 is 28.5 Å². The Morgan fingerprint density at radius 2 is 1.27 bits per heavy atom. The van der Waals surface area contributed by atoms with Crippen LogP contribution in [0.1, 0.15) is 0 Å². The minimum atomic E-state index is -1.10. The lowest BCUT2D eigenvalue weighted by molar-refractivity contribution is -0.145. The molecule has 0 saturated carbocycles. The second-order valence-corrected chi connectivity index (χ2v) is 5.86. The van der Waals surface area contributed by atoms with E-state index in [1.54, 1.807) is 0 Å². The highest BCUT2D eigenvalue weighted by atomic mass is 16.6. The minimum absolute atomic E-state index is 0.0170. The molecule has 12 nitrogen and oxygen atoms in total. The molecule has 0 bridgehead atoms. The first-order valence-corrected chi connectivity index (χ1v) is 7.82. The number of aromatic nitrogens is 3. The Labute approximate surface area is 145 Å². The van der Waals surface area contributed by atoms with E-state index < -0.39 is 42.1 Å². The van der Waals surface area contributed by atoms with Gasteiger partial charge in [-0.3, -0.25) is 9.59 Å². The van der Waals surface area contributed by atoms with E-state index in [4.69, 9.17) is 18.9 Å². The van der Waals surface area contributed by atoms with E-state index in [9.17, 15) is 24.0 Å². The minimum Gasteiger partial charge on any atom is -0.461 e. The second-order valence-electron chi connectivity index (χ2n) is 5.86. The van der Waals surface area contributed by atoms with Crippen molar-refractivity contribution in [3.05, 3.63) is 31.5 Å². The van der Waals surface area contributed by atoms with Gasteiger partial charge >= 0.3 is 29.0 Å². The van der Waals surface area contributed by atoms with E-state index in [0.29, 0.717) is 26.9 Å². The van der Waals surface area contributed by atoms with Crippen LogP contribution in [0.15, 0.2) is 14.4 Å². The number of carbonyl (C=O) groups is 2. The molecule has 12 heteroatoms. The van der Waals surface area contributed by atoms with Gasteiger partial charge in [-0.2, -0.15) is 0 Å². The molecule has 0 N–H and O–H groups in total. The third-order valence-electron chi connectivity index (χ3n) is 3.74. The van der Waals surface area contributed by atoms with Crippen LogP contribution in [0.25, 0.3) is 0 Å². The summed E-state index contributed by atoms with van der Waals surface area (Å²) in [5.74, 6) is -1.67. The Hall–Kier alpha value is -2.73. The smallest absolute Gasteiger partial charge is 0.337 e. The van der Waals surface area contributed by atoms with E-state index in [1.165, 1.54) is 0 Å².